The minimum Gasteiger partial charge on any atom is -0.335 e. The van der Waals surface area contributed by atoms with Crippen LogP contribution in [0.15, 0.2) is 41.7 Å². The van der Waals surface area contributed by atoms with Crippen LogP contribution in [0.3, 0.4) is 0 Å². The highest BCUT2D eigenvalue weighted by molar-refractivity contribution is 7.89. The molecular formula is C19H22N4O3S. The molecule has 8 heteroatoms. The van der Waals surface area contributed by atoms with Crippen LogP contribution in [-0.2, 0) is 22.9 Å². The molecule has 1 aromatic heterocycles. The van der Waals surface area contributed by atoms with Crippen LogP contribution in [-0.4, -0.2) is 59.7 Å². The van der Waals surface area contributed by atoms with Crippen molar-refractivity contribution in [2.45, 2.75) is 30.6 Å². The number of hydrogen-bond acceptors (Lipinski definition) is 5. The molecule has 0 radical (unpaired) electrons. The lowest BCUT2D eigenvalue weighted by molar-refractivity contribution is 0.0691. The molecule has 0 saturated carbocycles. The number of benzene rings is 1. The number of hydrogen-bond donors (Lipinski definition) is 0. The molecule has 1 aromatic carbocycles. The van der Waals surface area contributed by atoms with Gasteiger partial charge < -0.3 is 4.90 Å². The first-order chi connectivity index (χ1) is 13.1. The van der Waals surface area contributed by atoms with Crippen LogP contribution in [0.1, 0.15) is 34.5 Å². The number of aryl methyl sites for hydroxylation is 2. The summed E-state index contributed by atoms with van der Waals surface area (Å²) in [6.07, 6.45) is 8.67. The first kappa shape index (κ1) is 18.1. The van der Waals surface area contributed by atoms with Gasteiger partial charge in [0.15, 0.2) is 0 Å². The molecule has 2 aromatic rings. The maximum absolute atomic E-state index is 13.0. The zero-order chi connectivity index (χ0) is 18.9. The molecule has 0 unspecified atom stereocenters. The van der Waals surface area contributed by atoms with E-state index in [9.17, 15) is 13.2 Å². The molecule has 2 heterocycles. The Balaban J connectivity index is 1.46. The van der Waals surface area contributed by atoms with Crippen LogP contribution in [0.5, 0.6) is 0 Å². The molecule has 2 aliphatic rings. The van der Waals surface area contributed by atoms with E-state index in [1.807, 2.05) is 12.1 Å². The highest BCUT2D eigenvalue weighted by atomic mass is 32.2. The zero-order valence-electron chi connectivity index (χ0n) is 15.0. The maximum Gasteiger partial charge on any atom is 0.274 e. The molecule has 27 heavy (non-hydrogen) atoms. The fourth-order valence-corrected chi connectivity index (χ4v) is 5.20. The molecule has 1 amide bonds. The highest BCUT2D eigenvalue weighted by Crippen LogP contribution is 2.26. The SMILES string of the molecule is O=C(c1cnccn1)N1CCN(S(=O)(=O)c2ccc3c(c2)CCCC3)CC1. The average Bonchev–Trinajstić information content (AvgIpc) is 2.73. The normalized spacial score (nSPS) is 18.1. The van der Waals surface area contributed by atoms with Crippen LogP contribution in [0, 0.1) is 0 Å². The summed E-state index contributed by atoms with van der Waals surface area (Å²) in [6.45, 7) is 1.26. The maximum atomic E-state index is 13.0. The summed E-state index contributed by atoms with van der Waals surface area (Å²) in [6, 6.07) is 5.51. The number of rotatable bonds is 3. The van der Waals surface area contributed by atoms with Crippen LogP contribution in [0.25, 0.3) is 0 Å². The Morgan fingerprint density at radius 3 is 2.41 bits per heavy atom. The smallest absolute Gasteiger partial charge is 0.274 e. The molecule has 0 bridgehead atoms. The topological polar surface area (TPSA) is 83.5 Å². The standard InChI is InChI=1S/C19H22N4O3S/c24-19(18-14-20-7-8-21-18)22-9-11-23(12-10-22)27(25,26)17-6-5-15-3-1-2-4-16(15)13-17/h5-8,13-14H,1-4,9-12H2. The van der Waals surface area contributed by atoms with Crippen molar-refractivity contribution in [2.75, 3.05) is 26.2 Å². The van der Waals surface area contributed by atoms with E-state index in [0.29, 0.717) is 18.0 Å². The quantitative estimate of drug-likeness (QED) is 0.798. The van der Waals surface area contributed by atoms with Crippen molar-refractivity contribution in [2.24, 2.45) is 0 Å². The van der Waals surface area contributed by atoms with Gasteiger partial charge in [-0.05, 0) is 48.9 Å². The Kier molecular flexibility index (Phi) is 4.92. The molecular weight excluding hydrogens is 364 g/mol. The van der Waals surface area contributed by atoms with E-state index in [4.69, 9.17) is 0 Å². The fraction of sp³-hybridized carbons (Fsp3) is 0.421. The van der Waals surface area contributed by atoms with Gasteiger partial charge in [0.1, 0.15) is 5.69 Å². The first-order valence-electron chi connectivity index (χ1n) is 9.23. The van der Waals surface area contributed by atoms with E-state index in [0.717, 1.165) is 24.8 Å². The van der Waals surface area contributed by atoms with Gasteiger partial charge >= 0.3 is 0 Å². The van der Waals surface area contributed by atoms with Crippen LogP contribution in [0.2, 0.25) is 0 Å². The van der Waals surface area contributed by atoms with Crippen molar-refractivity contribution < 1.29 is 13.2 Å². The molecule has 4 rings (SSSR count). The third-order valence-electron chi connectivity index (χ3n) is 5.27. The number of aromatic nitrogens is 2. The first-order valence-corrected chi connectivity index (χ1v) is 10.7. The lowest BCUT2D eigenvalue weighted by Gasteiger charge is -2.34. The summed E-state index contributed by atoms with van der Waals surface area (Å²) in [5, 5.41) is 0. The number of fused-ring (bicyclic) bond motifs is 1. The number of amides is 1. The second-order valence-electron chi connectivity index (χ2n) is 6.92. The lowest BCUT2D eigenvalue weighted by Crippen LogP contribution is -2.50. The van der Waals surface area contributed by atoms with Crippen molar-refractivity contribution in [1.29, 1.82) is 0 Å². The summed E-state index contributed by atoms with van der Waals surface area (Å²) in [4.78, 5) is 22.4. The van der Waals surface area contributed by atoms with Gasteiger partial charge in [0.05, 0.1) is 11.1 Å². The molecule has 0 N–H and O–H groups in total. The average molecular weight is 386 g/mol. The number of nitrogens with zero attached hydrogens (tertiary/aromatic N) is 4. The van der Waals surface area contributed by atoms with Gasteiger partial charge in [0.2, 0.25) is 10.0 Å². The Morgan fingerprint density at radius 1 is 0.963 bits per heavy atom. The van der Waals surface area contributed by atoms with Crippen molar-refractivity contribution in [1.82, 2.24) is 19.2 Å². The largest absolute Gasteiger partial charge is 0.335 e. The van der Waals surface area contributed by atoms with Gasteiger partial charge in [-0.2, -0.15) is 4.31 Å². The molecule has 1 aliphatic carbocycles. The van der Waals surface area contributed by atoms with Gasteiger partial charge in [-0.3, -0.25) is 9.78 Å². The molecule has 1 fully saturated rings. The van der Waals surface area contributed by atoms with Crippen LogP contribution >= 0.6 is 0 Å². The Morgan fingerprint density at radius 2 is 1.70 bits per heavy atom. The summed E-state index contributed by atoms with van der Waals surface area (Å²) in [5.41, 5.74) is 2.70. The van der Waals surface area contributed by atoms with Gasteiger partial charge in [-0.1, -0.05) is 6.07 Å². The number of piperazine rings is 1. The minimum atomic E-state index is -3.54. The van der Waals surface area contributed by atoms with Gasteiger partial charge in [0, 0.05) is 38.6 Å². The van der Waals surface area contributed by atoms with Crippen LogP contribution < -0.4 is 0 Å². The van der Waals surface area contributed by atoms with E-state index in [-0.39, 0.29) is 24.7 Å². The molecule has 1 saturated heterocycles. The van der Waals surface area contributed by atoms with Crippen molar-refractivity contribution >= 4 is 15.9 Å². The van der Waals surface area contributed by atoms with E-state index in [1.54, 1.807) is 11.0 Å². The Hall–Kier alpha value is -2.32. The second kappa shape index (κ2) is 7.36. The van der Waals surface area contributed by atoms with Gasteiger partial charge in [-0.15, -0.1) is 0 Å². The van der Waals surface area contributed by atoms with E-state index >= 15 is 0 Å². The number of carbonyl (C=O) groups is 1. The molecule has 0 spiro atoms. The van der Waals surface area contributed by atoms with Crippen molar-refractivity contribution in [3.8, 4) is 0 Å². The van der Waals surface area contributed by atoms with Crippen molar-refractivity contribution in [3.05, 3.63) is 53.6 Å². The fourth-order valence-electron chi connectivity index (χ4n) is 3.72. The minimum absolute atomic E-state index is 0.214. The predicted octanol–water partition coefficient (Wildman–Crippen LogP) is 1.50. The van der Waals surface area contributed by atoms with Gasteiger partial charge in [-0.25, -0.2) is 13.4 Å². The summed E-state index contributed by atoms with van der Waals surface area (Å²) in [5.74, 6) is -0.214. The van der Waals surface area contributed by atoms with Crippen LogP contribution in [0.4, 0.5) is 0 Å². The number of sulfonamides is 1. The lowest BCUT2D eigenvalue weighted by atomic mass is 9.92. The third-order valence-corrected chi connectivity index (χ3v) is 7.16. The summed E-state index contributed by atoms with van der Waals surface area (Å²) in [7, 11) is -3.54. The zero-order valence-corrected chi connectivity index (χ0v) is 15.9. The second-order valence-corrected chi connectivity index (χ2v) is 8.86. The summed E-state index contributed by atoms with van der Waals surface area (Å²) >= 11 is 0. The van der Waals surface area contributed by atoms with Crippen molar-refractivity contribution in [3.63, 3.8) is 0 Å². The predicted molar refractivity (Wildman–Crippen MR) is 99.8 cm³/mol. The van der Waals surface area contributed by atoms with Gasteiger partial charge in [0.25, 0.3) is 5.91 Å². The summed E-state index contributed by atoms with van der Waals surface area (Å²) < 4.78 is 27.5. The molecule has 7 nitrogen and oxygen atoms in total. The molecule has 0 atom stereocenters. The molecule has 1 aliphatic heterocycles. The Bertz CT molecular complexity index is 939. The number of carbonyl (C=O) groups excluding carboxylic acids is 1. The third kappa shape index (κ3) is 3.59. The molecule has 142 valence electrons. The van der Waals surface area contributed by atoms with E-state index < -0.39 is 10.0 Å². The monoisotopic (exact) mass is 386 g/mol. The van der Waals surface area contributed by atoms with E-state index in [1.165, 1.54) is 34.9 Å². The highest BCUT2D eigenvalue weighted by Gasteiger charge is 2.31. The Labute approximate surface area is 159 Å². The van der Waals surface area contributed by atoms with E-state index in [2.05, 4.69) is 9.97 Å².